The molecule has 0 fully saturated rings. The van der Waals surface area contributed by atoms with Gasteiger partial charge in [-0.1, -0.05) is 13.8 Å². The molecule has 4 nitrogen and oxygen atoms in total. The molecule has 0 aliphatic carbocycles. The zero-order valence-corrected chi connectivity index (χ0v) is 10.6. The molecule has 0 atom stereocenters. The van der Waals surface area contributed by atoms with Crippen LogP contribution in [-0.4, -0.2) is 19.0 Å². The Labute approximate surface area is 103 Å². The summed E-state index contributed by atoms with van der Waals surface area (Å²) in [7, 11) is 0. The van der Waals surface area contributed by atoms with Crippen molar-refractivity contribution < 1.29 is 4.79 Å². The normalized spacial score (nSPS) is 8.35. The van der Waals surface area contributed by atoms with Gasteiger partial charge < -0.3 is 10.6 Å². The Morgan fingerprint density at radius 2 is 1.82 bits per heavy atom. The van der Waals surface area contributed by atoms with Crippen LogP contribution in [0.2, 0.25) is 0 Å². The van der Waals surface area contributed by atoms with Gasteiger partial charge in [-0.2, -0.15) is 5.26 Å². The topological polar surface area (TPSA) is 64.9 Å². The number of rotatable bonds is 4. The molecule has 1 rings (SSSR count). The second kappa shape index (κ2) is 9.22. The van der Waals surface area contributed by atoms with Gasteiger partial charge in [0.25, 0.3) is 0 Å². The van der Waals surface area contributed by atoms with E-state index in [4.69, 9.17) is 5.26 Å². The first-order valence-corrected chi connectivity index (χ1v) is 5.71. The molecule has 0 radical (unpaired) electrons. The largest absolute Gasteiger partial charge is 0.383 e. The number of hydrogen-bond acceptors (Lipinski definition) is 3. The van der Waals surface area contributed by atoms with Crippen molar-refractivity contribution in [1.29, 1.82) is 5.26 Å². The summed E-state index contributed by atoms with van der Waals surface area (Å²) in [6.07, 6.45) is 0. The minimum atomic E-state index is -0.0309. The Hall–Kier alpha value is -2.02. The molecule has 1 amide bonds. The molecular weight excluding hydrogens is 214 g/mol. The molecule has 1 aromatic carbocycles. The Morgan fingerprint density at radius 1 is 1.24 bits per heavy atom. The van der Waals surface area contributed by atoms with Crippen molar-refractivity contribution in [2.75, 3.05) is 18.4 Å². The standard InChI is InChI=1S/C11H13N3O.C2H6/c1-9(15)13-6-7-14-11-4-2-10(8-12)3-5-11;1-2/h2-5,14H,6-7H2,1H3,(H,13,15);1-2H3. The fourth-order valence-electron chi connectivity index (χ4n) is 1.11. The van der Waals surface area contributed by atoms with Crippen molar-refractivity contribution in [1.82, 2.24) is 5.32 Å². The lowest BCUT2D eigenvalue weighted by Gasteiger charge is -2.06. The molecule has 0 unspecified atom stereocenters. The van der Waals surface area contributed by atoms with Gasteiger partial charge in [0.15, 0.2) is 0 Å². The summed E-state index contributed by atoms with van der Waals surface area (Å²) < 4.78 is 0. The van der Waals surface area contributed by atoms with E-state index in [-0.39, 0.29) is 5.91 Å². The maximum atomic E-state index is 10.6. The fraction of sp³-hybridized carbons (Fsp3) is 0.385. The van der Waals surface area contributed by atoms with Crippen molar-refractivity contribution in [3.8, 4) is 6.07 Å². The van der Waals surface area contributed by atoms with Crippen LogP contribution in [0.15, 0.2) is 24.3 Å². The van der Waals surface area contributed by atoms with E-state index >= 15 is 0 Å². The van der Waals surface area contributed by atoms with Gasteiger partial charge in [0.05, 0.1) is 11.6 Å². The van der Waals surface area contributed by atoms with Gasteiger partial charge in [-0.25, -0.2) is 0 Å². The van der Waals surface area contributed by atoms with Crippen LogP contribution in [0.4, 0.5) is 5.69 Å². The third-order valence-corrected chi connectivity index (χ3v) is 1.84. The molecule has 0 saturated heterocycles. The number of anilines is 1. The monoisotopic (exact) mass is 233 g/mol. The number of amides is 1. The van der Waals surface area contributed by atoms with Gasteiger partial charge in [0.1, 0.15) is 0 Å². The van der Waals surface area contributed by atoms with E-state index in [1.165, 1.54) is 6.92 Å². The molecule has 0 aliphatic heterocycles. The number of hydrogen-bond donors (Lipinski definition) is 2. The summed E-state index contributed by atoms with van der Waals surface area (Å²) in [5.41, 5.74) is 1.58. The molecular formula is C13H19N3O. The van der Waals surface area contributed by atoms with Crippen molar-refractivity contribution in [2.24, 2.45) is 0 Å². The summed E-state index contributed by atoms with van der Waals surface area (Å²) in [6, 6.07) is 9.23. The fourth-order valence-corrected chi connectivity index (χ4v) is 1.11. The van der Waals surface area contributed by atoms with E-state index in [2.05, 4.69) is 16.7 Å². The average Bonchev–Trinajstić information content (AvgIpc) is 2.37. The van der Waals surface area contributed by atoms with Crippen LogP contribution in [0.5, 0.6) is 0 Å². The van der Waals surface area contributed by atoms with Crippen LogP contribution in [-0.2, 0) is 4.79 Å². The predicted octanol–water partition coefficient (Wildman–Crippen LogP) is 2.13. The predicted molar refractivity (Wildman–Crippen MR) is 69.7 cm³/mol. The van der Waals surface area contributed by atoms with E-state index in [1.807, 2.05) is 26.0 Å². The van der Waals surface area contributed by atoms with Crippen LogP contribution < -0.4 is 10.6 Å². The zero-order valence-electron chi connectivity index (χ0n) is 10.6. The van der Waals surface area contributed by atoms with E-state index in [9.17, 15) is 4.79 Å². The highest BCUT2D eigenvalue weighted by Crippen LogP contribution is 2.07. The second-order valence-corrected chi connectivity index (χ2v) is 3.10. The summed E-state index contributed by atoms with van der Waals surface area (Å²) in [5, 5.41) is 14.4. The molecule has 0 aliphatic rings. The lowest BCUT2D eigenvalue weighted by Crippen LogP contribution is -2.26. The Morgan fingerprint density at radius 3 is 2.29 bits per heavy atom. The molecule has 0 aromatic heterocycles. The molecule has 17 heavy (non-hydrogen) atoms. The highest BCUT2D eigenvalue weighted by Gasteiger charge is 1.93. The molecule has 0 heterocycles. The van der Waals surface area contributed by atoms with E-state index in [0.717, 1.165) is 5.69 Å². The van der Waals surface area contributed by atoms with Crippen LogP contribution in [0, 0.1) is 11.3 Å². The van der Waals surface area contributed by atoms with Crippen LogP contribution in [0.25, 0.3) is 0 Å². The maximum absolute atomic E-state index is 10.6. The summed E-state index contributed by atoms with van der Waals surface area (Å²) in [4.78, 5) is 10.6. The second-order valence-electron chi connectivity index (χ2n) is 3.10. The first-order chi connectivity index (χ1) is 8.22. The SMILES string of the molecule is CC.CC(=O)NCCNc1ccc(C#N)cc1. The Balaban J connectivity index is 0.00000121. The van der Waals surface area contributed by atoms with Crippen LogP contribution >= 0.6 is 0 Å². The quantitative estimate of drug-likeness (QED) is 0.783. The van der Waals surface area contributed by atoms with Gasteiger partial charge in [0, 0.05) is 25.7 Å². The number of nitriles is 1. The molecule has 1 aromatic rings. The number of carbonyl (C=O) groups excluding carboxylic acids is 1. The third-order valence-electron chi connectivity index (χ3n) is 1.84. The van der Waals surface area contributed by atoms with Gasteiger partial charge >= 0.3 is 0 Å². The van der Waals surface area contributed by atoms with E-state index in [0.29, 0.717) is 18.7 Å². The minimum Gasteiger partial charge on any atom is -0.383 e. The lowest BCUT2D eigenvalue weighted by molar-refractivity contribution is -0.118. The summed E-state index contributed by atoms with van der Waals surface area (Å²) in [6.45, 7) is 6.75. The summed E-state index contributed by atoms with van der Waals surface area (Å²) >= 11 is 0. The van der Waals surface area contributed by atoms with Crippen molar-refractivity contribution in [3.63, 3.8) is 0 Å². The molecule has 4 heteroatoms. The molecule has 92 valence electrons. The van der Waals surface area contributed by atoms with E-state index in [1.54, 1.807) is 12.1 Å². The number of nitrogens with one attached hydrogen (secondary N) is 2. The molecule has 0 bridgehead atoms. The first-order valence-electron chi connectivity index (χ1n) is 5.71. The van der Waals surface area contributed by atoms with Crippen molar-refractivity contribution in [3.05, 3.63) is 29.8 Å². The Bertz CT molecular complexity index is 365. The third kappa shape index (κ3) is 6.96. The molecule has 2 N–H and O–H groups in total. The van der Waals surface area contributed by atoms with Crippen LogP contribution in [0.3, 0.4) is 0 Å². The summed E-state index contributed by atoms with van der Waals surface area (Å²) in [5.74, 6) is -0.0309. The maximum Gasteiger partial charge on any atom is 0.216 e. The number of benzene rings is 1. The average molecular weight is 233 g/mol. The molecule has 0 saturated carbocycles. The Kier molecular flexibility index (Phi) is 8.13. The number of carbonyl (C=O) groups is 1. The zero-order chi connectivity index (χ0) is 13.1. The highest BCUT2D eigenvalue weighted by atomic mass is 16.1. The van der Waals surface area contributed by atoms with Crippen molar-refractivity contribution in [2.45, 2.75) is 20.8 Å². The van der Waals surface area contributed by atoms with E-state index < -0.39 is 0 Å². The van der Waals surface area contributed by atoms with Crippen molar-refractivity contribution >= 4 is 11.6 Å². The van der Waals surface area contributed by atoms with Crippen LogP contribution in [0.1, 0.15) is 26.3 Å². The van der Waals surface area contributed by atoms with Gasteiger partial charge in [-0.15, -0.1) is 0 Å². The number of nitrogens with zero attached hydrogens (tertiary/aromatic N) is 1. The minimum absolute atomic E-state index is 0.0309. The van der Waals surface area contributed by atoms with Gasteiger partial charge in [-0.05, 0) is 24.3 Å². The van der Waals surface area contributed by atoms with Gasteiger partial charge in [0.2, 0.25) is 5.91 Å². The van der Waals surface area contributed by atoms with Gasteiger partial charge in [-0.3, -0.25) is 4.79 Å². The smallest absolute Gasteiger partial charge is 0.216 e. The molecule has 0 spiro atoms. The highest BCUT2D eigenvalue weighted by molar-refractivity contribution is 5.72. The lowest BCUT2D eigenvalue weighted by atomic mass is 10.2. The first kappa shape index (κ1) is 15.0.